The molecule has 1 aromatic heterocycles. The van der Waals surface area contributed by atoms with E-state index in [1.807, 2.05) is 0 Å². The molecule has 0 atom stereocenters. The molecule has 0 aliphatic carbocycles. The zero-order valence-electron chi connectivity index (χ0n) is 11.3. The fraction of sp³-hybridized carbons (Fsp3) is 0.133. The summed E-state index contributed by atoms with van der Waals surface area (Å²) in [6.45, 7) is 0. The second-order valence-corrected chi connectivity index (χ2v) is 4.35. The number of rotatable bonds is 6. The number of ether oxygens (including phenoxy) is 1. The highest BCUT2D eigenvalue weighted by Gasteiger charge is 2.16. The number of carbonyl (C=O) groups excluding carboxylic acids is 2. The maximum absolute atomic E-state index is 12.2. The van der Waals surface area contributed by atoms with Gasteiger partial charge in [-0.05, 0) is 30.3 Å². The molecule has 2 rings (SSSR count). The SMILES string of the molecule is COc1ccc(C(=O)c2c[nH]c(C(=O)CC(=O)O)c2)cc1. The number of carboxylic acid groups (broad SMARTS) is 1. The number of ketones is 2. The lowest BCUT2D eigenvalue weighted by Gasteiger charge is -2.01. The van der Waals surface area contributed by atoms with Crippen LogP contribution in [-0.2, 0) is 4.79 Å². The third-order valence-corrected chi connectivity index (χ3v) is 2.91. The van der Waals surface area contributed by atoms with E-state index in [0.29, 0.717) is 16.9 Å². The summed E-state index contributed by atoms with van der Waals surface area (Å²) in [4.78, 5) is 36.9. The van der Waals surface area contributed by atoms with E-state index in [2.05, 4.69) is 4.98 Å². The fourth-order valence-electron chi connectivity index (χ4n) is 1.83. The molecular formula is C15H13NO5. The van der Waals surface area contributed by atoms with E-state index in [1.54, 1.807) is 24.3 Å². The second-order valence-electron chi connectivity index (χ2n) is 4.35. The monoisotopic (exact) mass is 287 g/mol. The van der Waals surface area contributed by atoms with Gasteiger partial charge in [0, 0.05) is 17.3 Å². The van der Waals surface area contributed by atoms with E-state index < -0.39 is 18.2 Å². The molecule has 0 bridgehead atoms. The Morgan fingerprint density at radius 1 is 1.14 bits per heavy atom. The van der Waals surface area contributed by atoms with Crippen LogP contribution in [0.15, 0.2) is 36.5 Å². The zero-order chi connectivity index (χ0) is 15.4. The summed E-state index contributed by atoms with van der Waals surface area (Å²) in [5.41, 5.74) is 0.857. The molecule has 6 nitrogen and oxygen atoms in total. The molecule has 108 valence electrons. The first kappa shape index (κ1) is 14.5. The van der Waals surface area contributed by atoms with Gasteiger partial charge in [-0.2, -0.15) is 0 Å². The second kappa shape index (κ2) is 6.04. The van der Waals surface area contributed by atoms with Gasteiger partial charge in [-0.15, -0.1) is 0 Å². The summed E-state index contributed by atoms with van der Waals surface area (Å²) in [5.74, 6) is -1.41. The number of hydrogen-bond donors (Lipinski definition) is 2. The lowest BCUT2D eigenvalue weighted by Crippen LogP contribution is -2.07. The van der Waals surface area contributed by atoms with E-state index in [0.717, 1.165) is 0 Å². The molecule has 2 aromatic rings. The smallest absolute Gasteiger partial charge is 0.311 e. The van der Waals surface area contributed by atoms with Gasteiger partial charge in [-0.1, -0.05) is 0 Å². The third-order valence-electron chi connectivity index (χ3n) is 2.91. The molecule has 0 amide bonds. The Kier molecular flexibility index (Phi) is 4.18. The highest BCUT2D eigenvalue weighted by molar-refractivity contribution is 6.11. The van der Waals surface area contributed by atoms with Gasteiger partial charge in [0.2, 0.25) is 0 Å². The predicted octanol–water partition coefficient (Wildman–Crippen LogP) is 1.91. The molecule has 21 heavy (non-hydrogen) atoms. The van der Waals surface area contributed by atoms with Gasteiger partial charge in [-0.3, -0.25) is 14.4 Å². The first-order valence-electron chi connectivity index (χ1n) is 6.13. The molecule has 6 heteroatoms. The Balaban J connectivity index is 2.18. The summed E-state index contributed by atoms with van der Waals surface area (Å²) in [6.07, 6.45) is 0.776. The van der Waals surface area contributed by atoms with Gasteiger partial charge in [0.1, 0.15) is 12.2 Å². The Morgan fingerprint density at radius 3 is 2.38 bits per heavy atom. The van der Waals surface area contributed by atoms with Crippen LogP contribution in [0.3, 0.4) is 0 Å². The van der Waals surface area contributed by atoms with Crippen molar-refractivity contribution < 1.29 is 24.2 Å². The van der Waals surface area contributed by atoms with Crippen molar-refractivity contribution in [2.45, 2.75) is 6.42 Å². The van der Waals surface area contributed by atoms with Crippen molar-refractivity contribution in [3.63, 3.8) is 0 Å². The average molecular weight is 287 g/mol. The van der Waals surface area contributed by atoms with Crippen molar-refractivity contribution in [3.05, 3.63) is 53.3 Å². The minimum atomic E-state index is -1.21. The van der Waals surface area contributed by atoms with Crippen LogP contribution in [0.4, 0.5) is 0 Å². The van der Waals surface area contributed by atoms with Gasteiger partial charge >= 0.3 is 5.97 Å². The van der Waals surface area contributed by atoms with Gasteiger partial charge in [0.05, 0.1) is 12.8 Å². The van der Waals surface area contributed by atoms with E-state index in [1.165, 1.54) is 19.4 Å². The van der Waals surface area contributed by atoms with Crippen molar-refractivity contribution in [1.29, 1.82) is 0 Å². The van der Waals surface area contributed by atoms with Gasteiger partial charge in [0.25, 0.3) is 0 Å². The minimum Gasteiger partial charge on any atom is -0.497 e. The average Bonchev–Trinajstić information content (AvgIpc) is 2.96. The molecule has 0 spiro atoms. The summed E-state index contributed by atoms with van der Waals surface area (Å²) in [5, 5.41) is 8.58. The highest BCUT2D eigenvalue weighted by atomic mass is 16.5. The molecule has 0 radical (unpaired) electrons. The quantitative estimate of drug-likeness (QED) is 0.625. The zero-order valence-corrected chi connectivity index (χ0v) is 11.3. The number of aliphatic carboxylic acids is 1. The highest BCUT2D eigenvalue weighted by Crippen LogP contribution is 2.16. The summed E-state index contributed by atoms with van der Waals surface area (Å²) in [6, 6.07) is 7.92. The Hall–Kier alpha value is -2.89. The van der Waals surface area contributed by atoms with E-state index >= 15 is 0 Å². The maximum Gasteiger partial charge on any atom is 0.311 e. The van der Waals surface area contributed by atoms with Crippen LogP contribution >= 0.6 is 0 Å². The predicted molar refractivity (Wildman–Crippen MR) is 73.8 cm³/mol. The Bertz CT molecular complexity index is 684. The number of methoxy groups -OCH3 is 1. The molecule has 1 heterocycles. The van der Waals surface area contributed by atoms with Crippen molar-refractivity contribution in [1.82, 2.24) is 4.98 Å². The van der Waals surface area contributed by atoms with Crippen LogP contribution in [0.1, 0.15) is 32.8 Å². The van der Waals surface area contributed by atoms with Crippen LogP contribution < -0.4 is 4.74 Å². The molecule has 2 N–H and O–H groups in total. The summed E-state index contributed by atoms with van der Waals surface area (Å²) in [7, 11) is 1.53. The number of aromatic amines is 1. The lowest BCUT2D eigenvalue weighted by molar-refractivity contribution is -0.135. The van der Waals surface area contributed by atoms with Crippen molar-refractivity contribution in [2.24, 2.45) is 0 Å². The Morgan fingerprint density at radius 2 is 1.81 bits per heavy atom. The summed E-state index contributed by atoms with van der Waals surface area (Å²) >= 11 is 0. The molecule has 0 aliphatic rings. The number of H-pyrrole nitrogens is 1. The maximum atomic E-state index is 12.2. The largest absolute Gasteiger partial charge is 0.497 e. The van der Waals surface area contributed by atoms with Crippen LogP contribution in [0.2, 0.25) is 0 Å². The van der Waals surface area contributed by atoms with E-state index in [9.17, 15) is 14.4 Å². The number of aromatic nitrogens is 1. The molecule has 0 unspecified atom stereocenters. The topological polar surface area (TPSA) is 96.5 Å². The third kappa shape index (κ3) is 3.36. The summed E-state index contributed by atoms with van der Waals surface area (Å²) < 4.78 is 5.01. The van der Waals surface area contributed by atoms with Crippen molar-refractivity contribution in [2.75, 3.05) is 7.11 Å². The van der Waals surface area contributed by atoms with Crippen molar-refractivity contribution in [3.8, 4) is 5.75 Å². The Labute approximate surface area is 120 Å². The van der Waals surface area contributed by atoms with Crippen LogP contribution in [0.5, 0.6) is 5.75 Å². The van der Waals surface area contributed by atoms with E-state index in [4.69, 9.17) is 9.84 Å². The number of carbonyl (C=O) groups is 3. The first-order valence-corrected chi connectivity index (χ1v) is 6.13. The van der Waals surface area contributed by atoms with Gasteiger partial charge < -0.3 is 14.8 Å². The number of hydrogen-bond acceptors (Lipinski definition) is 4. The molecule has 0 saturated heterocycles. The molecule has 0 saturated carbocycles. The number of nitrogens with one attached hydrogen (secondary N) is 1. The molecule has 0 fully saturated rings. The van der Waals surface area contributed by atoms with Crippen LogP contribution in [0.25, 0.3) is 0 Å². The molecular weight excluding hydrogens is 274 g/mol. The molecule has 1 aromatic carbocycles. The number of carboxylic acids is 1. The first-order chi connectivity index (χ1) is 10.0. The molecule has 0 aliphatic heterocycles. The number of Topliss-reactive ketones (excluding diaryl/α,β-unsaturated/α-hetero) is 1. The number of benzene rings is 1. The van der Waals surface area contributed by atoms with Crippen LogP contribution in [-0.4, -0.2) is 34.7 Å². The van der Waals surface area contributed by atoms with Gasteiger partial charge in [0.15, 0.2) is 11.6 Å². The normalized spacial score (nSPS) is 10.1. The van der Waals surface area contributed by atoms with Crippen molar-refractivity contribution >= 4 is 17.5 Å². The van der Waals surface area contributed by atoms with E-state index in [-0.39, 0.29) is 11.5 Å². The van der Waals surface area contributed by atoms with Gasteiger partial charge in [-0.25, -0.2) is 0 Å². The minimum absolute atomic E-state index is 0.106. The fourth-order valence-corrected chi connectivity index (χ4v) is 1.83. The lowest BCUT2D eigenvalue weighted by atomic mass is 10.1. The standard InChI is InChI=1S/C15H13NO5/c1-21-11-4-2-9(3-5-11)15(20)10-6-12(16-8-10)13(17)7-14(18)19/h2-6,8,16H,7H2,1H3,(H,18,19). The van der Waals surface area contributed by atoms with Crippen LogP contribution in [0, 0.1) is 0 Å².